The zero-order valence-electron chi connectivity index (χ0n) is 13.9. The van der Waals surface area contributed by atoms with Gasteiger partial charge in [0.25, 0.3) is 0 Å². The van der Waals surface area contributed by atoms with Crippen molar-refractivity contribution >= 4 is 28.7 Å². The minimum atomic E-state index is -0.0452. The van der Waals surface area contributed by atoms with Gasteiger partial charge in [-0.15, -0.1) is 0 Å². The summed E-state index contributed by atoms with van der Waals surface area (Å²) in [6.45, 7) is 10.4. The average molecular weight is 328 g/mol. The highest BCUT2D eigenvalue weighted by molar-refractivity contribution is 8.14. The quantitative estimate of drug-likeness (QED) is 0.467. The van der Waals surface area contributed by atoms with Crippen LogP contribution in [0.5, 0.6) is 0 Å². The SMILES string of the molecule is C=C(C)C(=O)SCCCCCN(CCCNC(C)=O)C(C)=O. The van der Waals surface area contributed by atoms with E-state index in [4.69, 9.17) is 0 Å². The molecule has 0 aliphatic rings. The van der Waals surface area contributed by atoms with Gasteiger partial charge in [-0.2, -0.15) is 0 Å². The topological polar surface area (TPSA) is 66.5 Å². The van der Waals surface area contributed by atoms with Crippen LogP contribution in [0.2, 0.25) is 0 Å². The molecule has 22 heavy (non-hydrogen) atoms. The fraction of sp³-hybridized carbons (Fsp3) is 0.688. The Morgan fingerprint density at radius 1 is 1.00 bits per heavy atom. The third kappa shape index (κ3) is 11.4. The van der Waals surface area contributed by atoms with Crippen molar-refractivity contribution in [2.75, 3.05) is 25.4 Å². The Morgan fingerprint density at radius 2 is 1.64 bits per heavy atom. The van der Waals surface area contributed by atoms with Crippen molar-refractivity contribution < 1.29 is 14.4 Å². The van der Waals surface area contributed by atoms with Crippen LogP contribution in [-0.4, -0.2) is 47.2 Å². The molecule has 0 rings (SSSR count). The predicted octanol–water partition coefficient (Wildman–Crippen LogP) is 2.37. The zero-order valence-corrected chi connectivity index (χ0v) is 14.8. The highest BCUT2D eigenvalue weighted by Gasteiger charge is 2.08. The molecule has 0 aliphatic heterocycles. The number of thioether (sulfide) groups is 1. The third-order valence-corrected chi connectivity index (χ3v) is 4.18. The third-order valence-electron chi connectivity index (χ3n) is 3.08. The highest BCUT2D eigenvalue weighted by Crippen LogP contribution is 2.12. The van der Waals surface area contributed by atoms with E-state index in [0.29, 0.717) is 18.7 Å². The van der Waals surface area contributed by atoms with Crippen molar-refractivity contribution in [1.29, 1.82) is 0 Å². The van der Waals surface area contributed by atoms with Crippen molar-refractivity contribution in [3.05, 3.63) is 12.2 Å². The van der Waals surface area contributed by atoms with Crippen LogP contribution < -0.4 is 5.32 Å². The van der Waals surface area contributed by atoms with Crippen LogP contribution in [0.1, 0.15) is 46.5 Å². The number of unbranched alkanes of at least 4 members (excludes halogenated alkanes) is 2. The number of carbonyl (C=O) groups is 3. The fourth-order valence-corrected chi connectivity index (χ4v) is 2.61. The number of carbonyl (C=O) groups excluding carboxylic acids is 3. The van der Waals surface area contributed by atoms with Gasteiger partial charge in [0.2, 0.25) is 16.9 Å². The number of nitrogens with one attached hydrogen (secondary N) is 1. The van der Waals surface area contributed by atoms with E-state index >= 15 is 0 Å². The summed E-state index contributed by atoms with van der Waals surface area (Å²) in [5.74, 6) is 0.819. The van der Waals surface area contributed by atoms with Gasteiger partial charge >= 0.3 is 0 Å². The van der Waals surface area contributed by atoms with Crippen LogP contribution in [0.15, 0.2) is 12.2 Å². The molecule has 126 valence electrons. The molecular formula is C16H28N2O3S. The molecule has 1 N–H and O–H groups in total. The largest absolute Gasteiger partial charge is 0.356 e. The van der Waals surface area contributed by atoms with E-state index in [1.807, 2.05) is 4.90 Å². The number of hydrogen-bond acceptors (Lipinski definition) is 4. The Hall–Kier alpha value is -1.30. The first-order valence-electron chi connectivity index (χ1n) is 7.67. The number of rotatable bonds is 11. The van der Waals surface area contributed by atoms with Crippen molar-refractivity contribution in [2.24, 2.45) is 0 Å². The van der Waals surface area contributed by atoms with Gasteiger partial charge in [-0.1, -0.05) is 24.8 Å². The molecule has 0 bridgehead atoms. The summed E-state index contributed by atoms with van der Waals surface area (Å²) in [7, 11) is 0. The second-order valence-corrected chi connectivity index (χ2v) is 6.39. The maximum Gasteiger partial charge on any atom is 0.219 e. The molecule has 2 amide bonds. The standard InChI is InChI=1S/C16H28N2O3S/c1-13(2)16(21)22-12-7-5-6-10-18(15(4)20)11-8-9-17-14(3)19/h1,5-12H2,2-4H3,(H,17,19). The molecule has 0 heterocycles. The van der Waals surface area contributed by atoms with E-state index in [1.165, 1.54) is 18.7 Å². The molecule has 0 aromatic rings. The van der Waals surface area contributed by atoms with Gasteiger partial charge in [0.05, 0.1) is 0 Å². The zero-order chi connectivity index (χ0) is 17.0. The lowest BCUT2D eigenvalue weighted by atomic mass is 10.2. The van der Waals surface area contributed by atoms with Gasteiger partial charge in [-0.05, 0) is 31.8 Å². The van der Waals surface area contributed by atoms with E-state index in [0.717, 1.165) is 38.0 Å². The molecule has 0 fully saturated rings. The Labute approximate surface area is 137 Å². The van der Waals surface area contributed by atoms with Crippen LogP contribution in [-0.2, 0) is 14.4 Å². The Morgan fingerprint density at radius 3 is 2.18 bits per heavy atom. The van der Waals surface area contributed by atoms with Gasteiger partial charge in [-0.3, -0.25) is 14.4 Å². The van der Waals surface area contributed by atoms with Gasteiger partial charge in [0, 0.05) is 39.2 Å². The average Bonchev–Trinajstić information content (AvgIpc) is 2.43. The Balaban J connectivity index is 3.73. The Bertz CT molecular complexity index is 397. The van der Waals surface area contributed by atoms with E-state index < -0.39 is 0 Å². The van der Waals surface area contributed by atoms with E-state index in [-0.39, 0.29) is 16.9 Å². The van der Waals surface area contributed by atoms with Gasteiger partial charge in [0.1, 0.15) is 0 Å². The number of hydrogen-bond donors (Lipinski definition) is 1. The van der Waals surface area contributed by atoms with Crippen LogP contribution in [0, 0.1) is 0 Å². The first-order chi connectivity index (χ1) is 10.3. The van der Waals surface area contributed by atoms with Crippen molar-refractivity contribution in [1.82, 2.24) is 10.2 Å². The van der Waals surface area contributed by atoms with Crippen molar-refractivity contribution in [3.8, 4) is 0 Å². The molecule has 0 spiro atoms. The molecule has 0 saturated carbocycles. The summed E-state index contributed by atoms with van der Waals surface area (Å²) >= 11 is 1.31. The van der Waals surface area contributed by atoms with Crippen molar-refractivity contribution in [2.45, 2.75) is 46.5 Å². The summed E-state index contributed by atoms with van der Waals surface area (Å²) < 4.78 is 0. The maximum absolute atomic E-state index is 11.5. The molecule has 5 nitrogen and oxygen atoms in total. The lowest BCUT2D eigenvalue weighted by Crippen LogP contribution is -2.33. The molecule has 0 radical (unpaired) electrons. The normalized spacial score (nSPS) is 10.1. The second kappa shape index (κ2) is 12.3. The van der Waals surface area contributed by atoms with Gasteiger partial charge < -0.3 is 10.2 Å². The second-order valence-electron chi connectivity index (χ2n) is 5.32. The molecular weight excluding hydrogens is 300 g/mol. The molecule has 0 aromatic heterocycles. The number of amides is 2. The molecule has 0 aromatic carbocycles. The van der Waals surface area contributed by atoms with Crippen LogP contribution in [0.3, 0.4) is 0 Å². The lowest BCUT2D eigenvalue weighted by molar-refractivity contribution is -0.129. The summed E-state index contributed by atoms with van der Waals surface area (Å²) in [6, 6.07) is 0. The van der Waals surface area contributed by atoms with Crippen LogP contribution in [0.25, 0.3) is 0 Å². The van der Waals surface area contributed by atoms with Gasteiger partial charge in [0.15, 0.2) is 0 Å². The molecule has 0 unspecified atom stereocenters. The number of nitrogens with zero attached hydrogens (tertiary/aromatic N) is 1. The monoisotopic (exact) mass is 328 g/mol. The molecule has 0 aliphatic carbocycles. The first kappa shape index (κ1) is 20.7. The molecule has 0 saturated heterocycles. The summed E-state index contributed by atoms with van der Waals surface area (Å²) in [5, 5.41) is 2.78. The summed E-state index contributed by atoms with van der Waals surface area (Å²) in [5.41, 5.74) is 0.590. The minimum absolute atomic E-state index is 0.0452. The van der Waals surface area contributed by atoms with Crippen molar-refractivity contribution in [3.63, 3.8) is 0 Å². The van der Waals surface area contributed by atoms with Crippen LogP contribution >= 0.6 is 11.8 Å². The van der Waals surface area contributed by atoms with E-state index in [2.05, 4.69) is 11.9 Å². The highest BCUT2D eigenvalue weighted by atomic mass is 32.2. The molecule has 6 heteroatoms. The van der Waals surface area contributed by atoms with E-state index in [1.54, 1.807) is 13.8 Å². The fourth-order valence-electron chi connectivity index (χ4n) is 1.83. The lowest BCUT2D eigenvalue weighted by Gasteiger charge is -2.21. The summed E-state index contributed by atoms with van der Waals surface area (Å²) in [4.78, 5) is 35.5. The smallest absolute Gasteiger partial charge is 0.219 e. The minimum Gasteiger partial charge on any atom is -0.356 e. The van der Waals surface area contributed by atoms with Crippen LogP contribution in [0.4, 0.5) is 0 Å². The maximum atomic E-state index is 11.5. The first-order valence-corrected chi connectivity index (χ1v) is 8.65. The van der Waals surface area contributed by atoms with Gasteiger partial charge in [-0.25, -0.2) is 0 Å². The Kier molecular flexibility index (Phi) is 11.5. The molecule has 0 atom stereocenters. The predicted molar refractivity (Wildman–Crippen MR) is 91.7 cm³/mol. The van der Waals surface area contributed by atoms with E-state index in [9.17, 15) is 14.4 Å². The summed E-state index contributed by atoms with van der Waals surface area (Å²) in [6.07, 6.45) is 3.65.